The molecule has 0 bridgehead atoms. The Labute approximate surface area is 118 Å². The Bertz CT molecular complexity index is 511. The predicted molar refractivity (Wildman–Crippen MR) is 74.0 cm³/mol. The summed E-state index contributed by atoms with van der Waals surface area (Å²) in [5, 5.41) is 10.2. The van der Waals surface area contributed by atoms with Crippen molar-refractivity contribution in [1.29, 1.82) is 0 Å². The van der Waals surface area contributed by atoms with E-state index in [1.807, 2.05) is 27.1 Å². The minimum Gasteiger partial charge on any atom is -0.348 e. The van der Waals surface area contributed by atoms with Crippen LogP contribution in [0, 0.1) is 6.92 Å². The fourth-order valence-corrected chi connectivity index (χ4v) is 2.39. The Kier molecular flexibility index (Phi) is 4.39. The number of rotatable bonds is 4. The molecule has 0 aliphatic carbocycles. The van der Waals surface area contributed by atoms with E-state index in [2.05, 4.69) is 15.7 Å². The third kappa shape index (κ3) is 3.36. The molecule has 2 amide bonds. The molecule has 2 rings (SSSR count). The lowest BCUT2D eigenvalue weighted by Crippen LogP contribution is -2.51. The van der Waals surface area contributed by atoms with Crippen molar-refractivity contribution in [2.75, 3.05) is 26.2 Å². The molecule has 1 aliphatic rings. The van der Waals surface area contributed by atoms with Crippen molar-refractivity contribution in [2.45, 2.75) is 19.9 Å². The van der Waals surface area contributed by atoms with Crippen molar-refractivity contribution in [2.24, 2.45) is 7.05 Å². The first kappa shape index (κ1) is 14.5. The number of aromatic nitrogens is 2. The van der Waals surface area contributed by atoms with Crippen LogP contribution in [0.3, 0.4) is 0 Å². The van der Waals surface area contributed by atoms with Gasteiger partial charge in [0, 0.05) is 31.9 Å². The molecule has 20 heavy (non-hydrogen) atoms. The highest BCUT2D eigenvalue weighted by Crippen LogP contribution is 2.15. The van der Waals surface area contributed by atoms with Crippen molar-refractivity contribution in [3.63, 3.8) is 0 Å². The molecule has 1 aromatic heterocycles. The molecule has 0 spiro atoms. The molecule has 2 heterocycles. The molecule has 1 aromatic rings. The van der Waals surface area contributed by atoms with Gasteiger partial charge in [-0.2, -0.15) is 5.10 Å². The molecular weight excluding hydrogens is 258 g/mol. The van der Waals surface area contributed by atoms with Gasteiger partial charge in [-0.3, -0.25) is 14.3 Å². The quantitative estimate of drug-likeness (QED) is 0.767. The molecule has 1 aliphatic heterocycles. The smallest absolute Gasteiger partial charge is 0.240 e. The molecule has 2 N–H and O–H groups in total. The summed E-state index contributed by atoms with van der Waals surface area (Å²) in [4.78, 5) is 25.2. The molecule has 1 saturated heterocycles. The average Bonchev–Trinajstić information content (AvgIpc) is 2.71. The highest BCUT2D eigenvalue weighted by molar-refractivity contribution is 5.86. The summed E-state index contributed by atoms with van der Waals surface area (Å²) in [5.41, 5.74) is 1.89. The molecule has 1 unspecified atom stereocenters. The van der Waals surface area contributed by atoms with Crippen molar-refractivity contribution >= 4 is 11.8 Å². The van der Waals surface area contributed by atoms with Crippen LogP contribution in [0.25, 0.3) is 0 Å². The van der Waals surface area contributed by atoms with Gasteiger partial charge in [-0.15, -0.1) is 0 Å². The second kappa shape index (κ2) is 6.04. The third-order valence-electron chi connectivity index (χ3n) is 3.42. The molecule has 0 aromatic carbocycles. The fourth-order valence-electron chi connectivity index (χ4n) is 2.39. The standard InChI is InChI=1S/C13H21N5O2/c1-9(11-7-17(3)16-10(11)2)15-12(19)8-18-5-4-14-6-13(18)20/h7,9,14H,4-6,8H2,1-3H3,(H,15,19). The molecular formula is C13H21N5O2. The topological polar surface area (TPSA) is 79.3 Å². The number of nitrogens with zero attached hydrogens (tertiary/aromatic N) is 3. The monoisotopic (exact) mass is 279 g/mol. The number of carbonyl (C=O) groups is 2. The van der Waals surface area contributed by atoms with Gasteiger partial charge < -0.3 is 15.5 Å². The summed E-state index contributed by atoms with van der Waals surface area (Å²) in [6, 6.07) is -0.116. The molecule has 0 radical (unpaired) electrons. The number of aryl methyl sites for hydroxylation is 2. The summed E-state index contributed by atoms with van der Waals surface area (Å²) in [7, 11) is 1.85. The maximum atomic E-state index is 12.0. The number of amides is 2. The fraction of sp³-hybridized carbons (Fsp3) is 0.615. The van der Waals surface area contributed by atoms with E-state index < -0.39 is 0 Å². The highest BCUT2D eigenvalue weighted by atomic mass is 16.2. The van der Waals surface area contributed by atoms with Gasteiger partial charge in [0.05, 0.1) is 24.8 Å². The summed E-state index contributed by atoms with van der Waals surface area (Å²) >= 11 is 0. The Morgan fingerprint density at radius 1 is 1.60 bits per heavy atom. The van der Waals surface area contributed by atoms with E-state index in [-0.39, 0.29) is 24.4 Å². The number of hydrogen-bond donors (Lipinski definition) is 2. The Balaban J connectivity index is 1.90. The van der Waals surface area contributed by atoms with Crippen molar-refractivity contribution in [3.8, 4) is 0 Å². The van der Waals surface area contributed by atoms with Crippen molar-refractivity contribution in [3.05, 3.63) is 17.5 Å². The van der Waals surface area contributed by atoms with Crippen LogP contribution in [0.2, 0.25) is 0 Å². The zero-order valence-corrected chi connectivity index (χ0v) is 12.1. The average molecular weight is 279 g/mol. The van der Waals surface area contributed by atoms with Crippen molar-refractivity contribution < 1.29 is 9.59 Å². The van der Waals surface area contributed by atoms with E-state index >= 15 is 0 Å². The van der Waals surface area contributed by atoms with Crippen LogP contribution in [0.1, 0.15) is 24.2 Å². The van der Waals surface area contributed by atoms with Gasteiger partial charge in [-0.1, -0.05) is 0 Å². The third-order valence-corrected chi connectivity index (χ3v) is 3.42. The summed E-state index contributed by atoms with van der Waals surface area (Å²) in [6.07, 6.45) is 1.90. The largest absolute Gasteiger partial charge is 0.348 e. The first-order chi connectivity index (χ1) is 9.47. The van der Waals surface area contributed by atoms with E-state index in [1.165, 1.54) is 0 Å². The molecule has 7 heteroatoms. The molecule has 1 fully saturated rings. The van der Waals surface area contributed by atoms with E-state index in [0.717, 1.165) is 17.8 Å². The van der Waals surface area contributed by atoms with Crippen molar-refractivity contribution in [1.82, 2.24) is 25.3 Å². The number of piperazine rings is 1. The van der Waals surface area contributed by atoms with Crippen LogP contribution in [0.4, 0.5) is 0 Å². The lowest BCUT2D eigenvalue weighted by atomic mass is 10.1. The number of hydrogen-bond acceptors (Lipinski definition) is 4. The zero-order chi connectivity index (χ0) is 14.7. The Morgan fingerprint density at radius 2 is 2.35 bits per heavy atom. The maximum absolute atomic E-state index is 12.0. The minimum atomic E-state index is -0.143. The lowest BCUT2D eigenvalue weighted by Gasteiger charge is -2.27. The van der Waals surface area contributed by atoms with Gasteiger partial charge in [0.15, 0.2) is 0 Å². The zero-order valence-electron chi connectivity index (χ0n) is 12.1. The molecule has 7 nitrogen and oxygen atoms in total. The van der Waals surface area contributed by atoms with Gasteiger partial charge in [0.25, 0.3) is 0 Å². The van der Waals surface area contributed by atoms with E-state index in [0.29, 0.717) is 13.1 Å². The predicted octanol–water partition coefficient (Wildman–Crippen LogP) is -0.662. The Hall–Kier alpha value is -1.89. The van der Waals surface area contributed by atoms with Gasteiger partial charge >= 0.3 is 0 Å². The van der Waals surface area contributed by atoms with E-state index in [1.54, 1.807) is 9.58 Å². The van der Waals surface area contributed by atoms with E-state index in [4.69, 9.17) is 0 Å². The first-order valence-corrected chi connectivity index (χ1v) is 6.75. The van der Waals surface area contributed by atoms with Gasteiger partial charge in [-0.05, 0) is 13.8 Å². The van der Waals surface area contributed by atoms with Crippen LogP contribution in [-0.4, -0.2) is 52.7 Å². The lowest BCUT2D eigenvalue weighted by molar-refractivity contribution is -0.136. The summed E-state index contributed by atoms with van der Waals surface area (Å²) in [6.45, 7) is 5.57. The van der Waals surface area contributed by atoms with Crippen LogP contribution >= 0.6 is 0 Å². The second-order valence-corrected chi connectivity index (χ2v) is 5.12. The number of nitrogens with one attached hydrogen (secondary N) is 2. The van der Waals surface area contributed by atoms with Crippen LogP contribution in [0.15, 0.2) is 6.20 Å². The number of carbonyl (C=O) groups excluding carboxylic acids is 2. The van der Waals surface area contributed by atoms with Crippen LogP contribution in [-0.2, 0) is 16.6 Å². The first-order valence-electron chi connectivity index (χ1n) is 6.75. The van der Waals surface area contributed by atoms with Gasteiger partial charge in [0.2, 0.25) is 11.8 Å². The maximum Gasteiger partial charge on any atom is 0.240 e. The van der Waals surface area contributed by atoms with Gasteiger partial charge in [0.1, 0.15) is 0 Å². The Morgan fingerprint density at radius 3 is 2.95 bits per heavy atom. The minimum absolute atomic E-state index is 0.0309. The summed E-state index contributed by atoms with van der Waals surface area (Å²) in [5.74, 6) is -0.174. The van der Waals surface area contributed by atoms with Gasteiger partial charge in [-0.25, -0.2) is 0 Å². The normalized spacial score (nSPS) is 17.1. The molecule has 110 valence electrons. The SMILES string of the molecule is Cc1nn(C)cc1C(C)NC(=O)CN1CCNCC1=O. The van der Waals surface area contributed by atoms with E-state index in [9.17, 15) is 9.59 Å². The summed E-state index contributed by atoms with van der Waals surface area (Å²) < 4.78 is 1.73. The molecule has 0 saturated carbocycles. The second-order valence-electron chi connectivity index (χ2n) is 5.12. The van der Waals surface area contributed by atoms with Crippen LogP contribution in [0.5, 0.6) is 0 Å². The molecule has 1 atom stereocenters. The highest BCUT2D eigenvalue weighted by Gasteiger charge is 2.21. The van der Waals surface area contributed by atoms with Crippen LogP contribution < -0.4 is 10.6 Å².